The molecule has 0 aromatic heterocycles. The largest absolute Gasteiger partial charge is 0.481 e. The van der Waals surface area contributed by atoms with E-state index in [1.165, 1.54) is 0 Å². The van der Waals surface area contributed by atoms with E-state index in [1.807, 2.05) is 0 Å². The lowest BCUT2D eigenvalue weighted by Crippen LogP contribution is -2.48. The molecule has 0 saturated carbocycles. The summed E-state index contributed by atoms with van der Waals surface area (Å²) in [7, 11) is 0. The molecule has 7 heteroatoms. The van der Waals surface area contributed by atoms with E-state index in [9.17, 15) is 14.4 Å². The van der Waals surface area contributed by atoms with Crippen molar-refractivity contribution in [2.24, 2.45) is 0 Å². The van der Waals surface area contributed by atoms with Crippen LogP contribution in [0.2, 0.25) is 0 Å². The minimum absolute atomic E-state index is 0.132. The van der Waals surface area contributed by atoms with Crippen molar-refractivity contribution >= 4 is 17.8 Å². The molecule has 1 aliphatic heterocycles. The van der Waals surface area contributed by atoms with Gasteiger partial charge in [-0.1, -0.05) is 12.2 Å². The lowest BCUT2D eigenvalue weighted by molar-refractivity contribution is -0.143. The van der Waals surface area contributed by atoms with Gasteiger partial charge in [-0.3, -0.25) is 14.9 Å². The maximum atomic E-state index is 11.6. The maximum Gasteiger partial charge on any atom is 0.326 e. The molecule has 0 aromatic carbocycles. The fourth-order valence-corrected chi connectivity index (χ4v) is 1.43. The third-order valence-corrected chi connectivity index (χ3v) is 2.33. The molecule has 0 aliphatic carbocycles. The summed E-state index contributed by atoms with van der Waals surface area (Å²) >= 11 is 0. The zero-order valence-corrected chi connectivity index (χ0v) is 9.05. The highest BCUT2D eigenvalue weighted by molar-refractivity contribution is 5.88. The SMILES string of the molecule is O=C(O)CC[C@H](NC(=O)C1C=CCN1)C(=O)O. The summed E-state index contributed by atoms with van der Waals surface area (Å²) in [5.74, 6) is -2.79. The van der Waals surface area contributed by atoms with Gasteiger partial charge in [0, 0.05) is 13.0 Å². The monoisotopic (exact) mass is 242 g/mol. The van der Waals surface area contributed by atoms with E-state index in [0.717, 1.165) is 0 Å². The van der Waals surface area contributed by atoms with E-state index in [2.05, 4.69) is 10.6 Å². The lowest BCUT2D eigenvalue weighted by Gasteiger charge is -2.16. The van der Waals surface area contributed by atoms with E-state index < -0.39 is 29.9 Å². The van der Waals surface area contributed by atoms with Crippen molar-refractivity contribution in [3.63, 3.8) is 0 Å². The number of amides is 1. The first-order valence-corrected chi connectivity index (χ1v) is 5.15. The molecule has 2 atom stereocenters. The molecule has 1 aliphatic rings. The van der Waals surface area contributed by atoms with Gasteiger partial charge in [0.1, 0.15) is 12.1 Å². The van der Waals surface area contributed by atoms with Gasteiger partial charge in [0.05, 0.1) is 0 Å². The number of aliphatic carboxylic acids is 2. The van der Waals surface area contributed by atoms with Crippen molar-refractivity contribution in [1.29, 1.82) is 0 Å². The number of rotatable bonds is 6. The van der Waals surface area contributed by atoms with E-state index in [1.54, 1.807) is 12.2 Å². The molecule has 7 nitrogen and oxygen atoms in total. The van der Waals surface area contributed by atoms with Gasteiger partial charge in [0.2, 0.25) is 5.91 Å². The Labute approximate surface area is 97.5 Å². The normalized spacial score (nSPS) is 19.9. The Hall–Kier alpha value is -1.89. The van der Waals surface area contributed by atoms with Gasteiger partial charge in [-0.25, -0.2) is 4.79 Å². The topological polar surface area (TPSA) is 116 Å². The van der Waals surface area contributed by atoms with Gasteiger partial charge < -0.3 is 15.5 Å². The van der Waals surface area contributed by atoms with Gasteiger partial charge in [-0.15, -0.1) is 0 Å². The Morgan fingerprint density at radius 3 is 2.59 bits per heavy atom. The molecular formula is C10H14N2O5. The number of carbonyl (C=O) groups is 3. The first-order valence-electron chi connectivity index (χ1n) is 5.15. The van der Waals surface area contributed by atoms with Crippen LogP contribution in [-0.4, -0.2) is 46.7 Å². The van der Waals surface area contributed by atoms with Crippen LogP contribution in [0.4, 0.5) is 0 Å². The Bertz CT molecular complexity index is 353. The van der Waals surface area contributed by atoms with Crippen molar-refractivity contribution in [2.45, 2.75) is 24.9 Å². The summed E-state index contributed by atoms with van der Waals surface area (Å²) in [4.78, 5) is 32.7. The van der Waals surface area contributed by atoms with Crippen LogP contribution in [0, 0.1) is 0 Å². The Morgan fingerprint density at radius 2 is 2.12 bits per heavy atom. The van der Waals surface area contributed by atoms with Crippen LogP contribution in [0.25, 0.3) is 0 Å². The number of hydrogen-bond acceptors (Lipinski definition) is 4. The molecule has 1 rings (SSSR count). The van der Waals surface area contributed by atoms with Gasteiger partial charge >= 0.3 is 11.9 Å². The molecule has 17 heavy (non-hydrogen) atoms. The van der Waals surface area contributed by atoms with E-state index in [-0.39, 0.29) is 12.8 Å². The molecule has 4 N–H and O–H groups in total. The summed E-state index contributed by atoms with van der Waals surface area (Å²) in [6, 6.07) is -1.71. The maximum absolute atomic E-state index is 11.6. The number of carbonyl (C=O) groups excluding carboxylic acids is 1. The molecule has 1 heterocycles. The Balaban J connectivity index is 2.48. The van der Waals surface area contributed by atoms with Gasteiger partial charge in [-0.05, 0) is 6.42 Å². The second-order valence-electron chi connectivity index (χ2n) is 3.65. The van der Waals surface area contributed by atoms with E-state index in [4.69, 9.17) is 10.2 Å². The highest BCUT2D eigenvalue weighted by Crippen LogP contribution is 2.01. The zero-order valence-electron chi connectivity index (χ0n) is 9.05. The second kappa shape index (κ2) is 6.00. The summed E-state index contributed by atoms with van der Waals surface area (Å²) in [6.45, 7) is 0.560. The molecule has 1 amide bonds. The quantitative estimate of drug-likeness (QED) is 0.442. The van der Waals surface area contributed by atoms with Crippen molar-refractivity contribution in [3.8, 4) is 0 Å². The standard InChI is InChI=1S/C10H14N2O5/c13-8(14)4-3-7(10(16)17)12-9(15)6-2-1-5-11-6/h1-2,6-7,11H,3-5H2,(H,12,15)(H,13,14)(H,16,17)/t6?,7-/m0/s1. The van der Waals surface area contributed by atoms with Crippen molar-refractivity contribution in [3.05, 3.63) is 12.2 Å². The number of carboxylic acids is 2. The number of hydrogen-bond donors (Lipinski definition) is 4. The highest BCUT2D eigenvalue weighted by Gasteiger charge is 2.25. The Kier molecular flexibility index (Phi) is 4.65. The van der Waals surface area contributed by atoms with Gasteiger partial charge in [0.25, 0.3) is 0 Å². The van der Waals surface area contributed by atoms with Crippen LogP contribution >= 0.6 is 0 Å². The summed E-state index contributed by atoms with van der Waals surface area (Å²) in [5, 5.41) is 22.4. The zero-order chi connectivity index (χ0) is 12.8. The molecule has 0 saturated heterocycles. The molecular weight excluding hydrogens is 228 g/mol. The molecule has 0 bridgehead atoms. The highest BCUT2D eigenvalue weighted by atomic mass is 16.4. The summed E-state index contributed by atoms with van der Waals surface area (Å²) in [6.07, 6.45) is 2.96. The number of nitrogens with one attached hydrogen (secondary N) is 2. The first kappa shape index (κ1) is 13.2. The molecule has 0 radical (unpaired) electrons. The van der Waals surface area contributed by atoms with Crippen LogP contribution in [0.3, 0.4) is 0 Å². The second-order valence-corrected chi connectivity index (χ2v) is 3.65. The molecule has 1 unspecified atom stereocenters. The average Bonchev–Trinajstić information content (AvgIpc) is 2.76. The van der Waals surface area contributed by atoms with Crippen LogP contribution in [0.1, 0.15) is 12.8 Å². The first-order chi connectivity index (χ1) is 8.00. The third-order valence-electron chi connectivity index (χ3n) is 2.33. The summed E-state index contributed by atoms with van der Waals surface area (Å²) in [5.41, 5.74) is 0. The Morgan fingerprint density at radius 1 is 1.41 bits per heavy atom. The van der Waals surface area contributed by atoms with Crippen LogP contribution in [-0.2, 0) is 14.4 Å². The smallest absolute Gasteiger partial charge is 0.326 e. The summed E-state index contributed by atoms with van der Waals surface area (Å²) < 4.78 is 0. The fraction of sp³-hybridized carbons (Fsp3) is 0.500. The molecule has 0 spiro atoms. The van der Waals surface area contributed by atoms with E-state index >= 15 is 0 Å². The fourth-order valence-electron chi connectivity index (χ4n) is 1.43. The number of carboxylic acid groups (broad SMARTS) is 2. The third kappa shape index (κ3) is 4.23. The van der Waals surface area contributed by atoms with Crippen molar-refractivity contribution in [2.75, 3.05) is 6.54 Å². The minimum atomic E-state index is -1.23. The van der Waals surface area contributed by atoms with Crippen LogP contribution in [0.15, 0.2) is 12.2 Å². The minimum Gasteiger partial charge on any atom is -0.481 e. The lowest BCUT2D eigenvalue weighted by atomic mass is 10.1. The van der Waals surface area contributed by atoms with Gasteiger partial charge in [0.15, 0.2) is 0 Å². The van der Waals surface area contributed by atoms with Crippen LogP contribution < -0.4 is 10.6 Å². The van der Waals surface area contributed by atoms with Crippen molar-refractivity contribution in [1.82, 2.24) is 10.6 Å². The predicted molar refractivity (Wildman–Crippen MR) is 57.4 cm³/mol. The van der Waals surface area contributed by atoms with Crippen molar-refractivity contribution < 1.29 is 24.6 Å². The molecule has 0 fully saturated rings. The average molecular weight is 242 g/mol. The molecule has 94 valence electrons. The van der Waals surface area contributed by atoms with E-state index in [0.29, 0.717) is 6.54 Å². The molecule has 0 aromatic rings. The van der Waals surface area contributed by atoms with Gasteiger partial charge in [-0.2, -0.15) is 0 Å². The van der Waals surface area contributed by atoms with Crippen LogP contribution in [0.5, 0.6) is 0 Å². The predicted octanol–water partition coefficient (Wildman–Crippen LogP) is -1.05.